The molecular formula is C3H9O3Si. The maximum atomic E-state index is 4.71. The van der Waals surface area contributed by atoms with Gasteiger partial charge in [-0.25, -0.2) is 0 Å². The highest BCUT2D eigenvalue weighted by atomic mass is 28.3. The zero-order chi connectivity index (χ0) is 5.70. The molecule has 0 saturated carbocycles. The Balaban J connectivity index is 2.99. The minimum Gasteiger partial charge on any atom is -0.375 e. The lowest BCUT2D eigenvalue weighted by molar-refractivity contribution is 0.163. The van der Waals surface area contributed by atoms with Crippen LogP contribution in [0.15, 0.2) is 0 Å². The first-order chi connectivity index (χ1) is 3.35. The molecule has 0 saturated heterocycles. The highest BCUT2D eigenvalue weighted by molar-refractivity contribution is 6.36. The fourth-order valence-corrected chi connectivity index (χ4v) is 0.750. The lowest BCUT2D eigenvalue weighted by Crippen LogP contribution is -2.21. The molecule has 1 radical (unpaired) electrons. The number of rotatable bonds is 3. The lowest BCUT2D eigenvalue weighted by atomic mass is 11.8. The van der Waals surface area contributed by atoms with Crippen molar-refractivity contribution < 1.29 is 13.3 Å². The molecule has 43 valence electrons. The molecule has 0 bridgehead atoms. The van der Waals surface area contributed by atoms with E-state index < -0.39 is 9.53 Å². The van der Waals surface area contributed by atoms with Crippen LogP contribution in [0.25, 0.3) is 0 Å². The fraction of sp³-hybridized carbons (Fsp3) is 1.00. The Hall–Kier alpha value is 0.0969. The molecule has 0 aromatic rings. The highest BCUT2D eigenvalue weighted by Crippen LogP contribution is 1.81. The normalized spacial score (nSPS) is 10.3. The van der Waals surface area contributed by atoms with E-state index in [1.165, 1.54) is 0 Å². The van der Waals surface area contributed by atoms with Crippen LogP contribution in [0.5, 0.6) is 0 Å². The maximum Gasteiger partial charge on any atom is 0.576 e. The molecule has 0 spiro atoms. The number of hydrogen-bond donors (Lipinski definition) is 0. The summed E-state index contributed by atoms with van der Waals surface area (Å²) in [7, 11) is 3.31. The van der Waals surface area contributed by atoms with Gasteiger partial charge < -0.3 is 13.3 Å². The molecule has 7 heavy (non-hydrogen) atoms. The predicted molar refractivity (Wildman–Crippen MR) is 26.8 cm³/mol. The van der Waals surface area contributed by atoms with E-state index >= 15 is 0 Å². The Bertz CT molecular complexity index is 31.7. The SMILES string of the molecule is CO[Si](OC)OC. The summed E-state index contributed by atoms with van der Waals surface area (Å²) in [6, 6.07) is 0. The summed E-state index contributed by atoms with van der Waals surface area (Å²) in [5.41, 5.74) is 0. The summed E-state index contributed by atoms with van der Waals surface area (Å²) in [6.45, 7) is 0. The molecule has 3 nitrogen and oxygen atoms in total. The first-order valence-electron chi connectivity index (χ1n) is 1.84. The van der Waals surface area contributed by atoms with Crippen LogP contribution in [0, 0.1) is 0 Å². The van der Waals surface area contributed by atoms with E-state index in [0.717, 1.165) is 0 Å². The van der Waals surface area contributed by atoms with Crippen LogP contribution in [0.1, 0.15) is 0 Å². The van der Waals surface area contributed by atoms with E-state index in [0.29, 0.717) is 0 Å². The van der Waals surface area contributed by atoms with Crippen LogP contribution in [0.2, 0.25) is 0 Å². The van der Waals surface area contributed by atoms with Crippen molar-refractivity contribution in [3.8, 4) is 0 Å². The van der Waals surface area contributed by atoms with E-state index in [1.807, 2.05) is 0 Å². The molecule has 0 aliphatic rings. The van der Waals surface area contributed by atoms with Crippen molar-refractivity contribution in [1.82, 2.24) is 0 Å². The largest absolute Gasteiger partial charge is 0.576 e. The second kappa shape index (κ2) is 4.26. The van der Waals surface area contributed by atoms with E-state index in [4.69, 9.17) is 13.3 Å². The van der Waals surface area contributed by atoms with E-state index in [9.17, 15) is 0 Å². The van der Waals surface area contributed by atoms with Gasteiger partial charge in [-0.3, -0.25) is 0 Å². The summed E-state index contributed by atoms with van der Waals surface area (Å²) in [5.74, 6) is 0. The topological polar surface area (TPSA) is 27.7 Å². The Morgan fingerprint density at radius 3 is 1.14 bits per heavy atom. The molecule has 0 amide bonds. The third-order valence-corrected chi connectivity index (χ3v) is 1.50. The Kier molecular flexibility index (Phi) is 4.32. The van der Waals surface area contributed by atoms with Crippen molar-refractivity contribution in [3.63, 3.8) is 0 Å². The molecule has 0 rings (SSSR count). The van der Waals surface area contributed by atoms with Crippen molar-refractivity contribution in [3.05, 3.63) is 0 Å². The summed E-state index contributed by atoms with van der Waals surface area (Å²) >= 11 is 0. The van der Waals surface area contributed by atoms with Gasteiger partial charge in [0.1, 0.15) is 0 Å². The average molecular weight is 121 g/mol. The smallest absolute Gasteiger partial charge is 0.375 e. The van der Waals surface area contributed by atoms with Gasteiger partial charge in [-0.15, -0.1) is 0 Å². The van der Waals surface area contributed by atoms with Crippen LogP contribution >= 0.6 is 0 Å². The zero-order valence-corrected chi connectivity index (χ0v) is 5.72. The van der Waals surface area contributed by atoms with Crippen LogP contribution < -0.4 is 0 Å². The van der Waals surface area contributed by atoms with Gasteiger partial charge in [-0.1, -0.05) is 0 Å². The molecule has 0 heterocycles. The standard InChI is InChI=1S/C3H9O3Si/c1-4-7(5-2)6-3/h1-3H3. The third-order valence-electron chi connectivity index (χ3n) is 0.500. The van der Waals surface area contributed by atoms with Crippen molar-refractivity contribution >= 4 is 9.53 Å². The summed E-state index contributed by atoms with van der Waals surface area (Å²) in [6.07, 6.45) is 0. The van der Waals surface area contributed by atoms with Crippen LogP contribution in [-0.4, -0.2) is 30.9 Å². The van der Waals surface area contributed by atoms with Crippen molar-refractivity contribution in [2.45, 2.75) is 0 Å². The van der Waals surface area contributed by atoms with Gasteiger partial charge in [0.15, 0.2) is 0 Å². The average Bonchev–Trinajstić information content (AvgIpc) is 1.72. The molecule has 0 unspecified atom stereocenters. The molecule has 4 heteroatoms. The number of hydrogen-bond acceptors (Lipinski definition) is 3. The Labute approximate surface area is 45.2 Å². The predicted octanol–water partition coefficient (Wildman–Crippen LogP) is -0.0895. The van der Waals surface area contributed by atoms with Crippen LogP contribution in [-0.2, 0) is 13.3 Å². The molecule has 0 aromatic carbocycles. The summed E-state index contributed by atoms with van der Waals surface area (Å²) in [4.78, 5) is 0. The monoisotopic (exact) mass is 121 g/mol. The first kappa shape index (κ1) is 7.10. The van der Waals surface area contributed by atoms with Crippen LogP contribution in [0.3, 0.4) is 0 Å². The van der Waals surface area contributed by atoms with Gasteiger partial charge in [0.05, 0.1) is 0 Å². The molecule has 0 fully saturated rings. The Morgan fingerprint density at radius 1 is 0.857 bits per heavy atom. The second-order valence-corrected chi connectivity index (χ2v) is 2.59. The van der Waals surface area contributed by atoms with Crippen LogP contribution in [0.4, 0.5) is 0 Å². The molecule has 0 aliphatic carbocycles. The van der Waals surface area contributed by atoms with Crippen molar-refractivity contribution in [2.75, 3.05) is 21.3 Å². The Morgan fingerprint density at radius 2 is 1.14 bits per heavy atom. The quantitative estimate of drug-likeness (QED) is 0.488. The molecule has 0 aromatic heterocycles. The minimum atomic E-state index is -1.36. The molecule has 0 aliphatic heterocycles. The van der Waals surface area contributed by atoms with E-state index in [-0.39, 0.29) is 0 Å². The van der Waals surface area contributed by atoms with E-state index in [1.54, 1.807) is 21.3 Å². The van der Waals surface area contributed by atoms with Gasteiger partial charge >= 0.3 is 9.53 Å². The van der Waals surface area contributed by atoms with Gasteiger partial charge in [0.2, 0.25) is 0 Å². The lowest BCUT2D eigenvalue weighted by Gasteiger charge is -2.02. The summed E-state index contributed by atoms with van der Waals surface area (Å²) in [5, 5.41) is 0. The van der Waals surface area contributed by atoms with Gasteiger partial charge in [-0.05, 0) is 0 Å². The van der Waals surface area contributed by atoms with Gasteiger partial charge in [-0.2, -0.15) is 0 Å². The highest BCUT2D eigenvalue weighted by Gasteiger charge is 2.09. The third kappa shape index (κ3) is 2.75. The van der Waals surface area contributed by atoms with Gasteiger partial charge in [0, 0.05) is 21.3 Å². The first-order valence-corrected chi connectivity index (χ1v) is 3.06. The second-order valence-electron chi connectivity index (χ2n) is 0.862. The molecule has 0 N–H and O–H groups in total. The minimum absolute atomic E-state index is 1.36. The zero-order valence-electron chi connectivity index (χ0n) is 4.72. The maximum absolute atomic E-state index is 4.71. The van der Waals surface area contributed by atoms with Gasteiger partial charge in [0.25, 0.3) is 0 Å². The molecular weight excluding hydrogens is 112 g/mol. The fourth-order valence-electron chi connectivity index (χ4n) is 0.250. The van der Waals surface area contributed by atoms with Crippen molar-refractivity contribution in [2.24, 2.45) is 0 Å². The summed E-state index contributed by atoms with van der Waals surface area (Å²) < 4.78 is 14.1. The molecule has 0 atom stereocenters. The van der Waals surface area contributed by atoms with E-state index in [2.05, 4.69) is 0 Å². The van der Waals surface area contributed by atoms with Crippen molar-refractivity contribution in [1.29, 1.82) is 0 Å².